The molecule has 1 heterocycles. The molecule has 0 radical (unpaired) electrons. The summed E-state index contributed by atoms with van der Waals surface area (Å²) in [4.78, 5) is 0. The summed E-state index contributed by atoms with van der Waals surface area (Å²) in [6.45, 7) is 2.77. The van der Waals surface area contributed by atoms with E-state index in [0.717, 1.165) is 18.1 Å². The lowest BCUT2D eigenvalue weighted by Crippen LogP contribution is -2.23. The van der Waals surface area contributed by atoms with Crippen LogP contribution < -0.4 is 0 Å². The third kappa shape index (κ3) is 2.70. The number of thioether (sulfide) groups is 2. The molecule has 2 unspecified atom stereocenters. The second-order valence-corrected chi connectivity index (χ2v) is 4.41. The Bertz CT molecular complexity index is 91.7. The van der Waals surface area contributed by atoms with Gasteiger partial charge in [-0.1, -0.05) is 0 Å². The molecule has 0 aromatic rings. The number of rotatable bonds is 2. The zero-order valence-corrected chi connectivity index (χ0v) is 7.58. The molecule has 60 valence electrons. The molecular formula is C6H12O2S2. The van der Waals surface area contributed by atoms with E-state index in [-0.39, 0.29) is 5.44 Å². The lowest BCUT2D eigenvalue weighted by molar-refractivity contribution is 0.137. The first-order valence-electron chi connectivity index (χ1n) is 3.35. The van der Waals surface area contributed by atoms with E-state index in [2.05, 4.69) is 0 Å². The van der Waals surface area contributed by atoms with Gasteiger partial charge in [0.2, 0.25) is 0 Å². The van der Waals surface area contributed by atoms with Gasteiger partial charge in [-0.05, 0) is 6.92 Å². The van der Waals surface area contributed by atoms with Crippen LogP contribution in [0, 0.1) is 0 Å². The van der Waals surface area contributed by atoms with E-state index < -0.39 is 0 Å². The normalized spacial score (nSPS) is 34.2. The van der Waals surface area contributed by atoms with Gasteiger partial charge in [-0.3, -0.25) is 0 Å². The third-order valence-electron chi connectivity index (χ3n) is 1.20. The van der Waals surface area contributed by atoms with Gasteiger partial charge in [0, 0.05) is 18.1 Å². The molecule has 0 amide bonds. The first-order chi connectivity index (χ1) is 4.83. The zero-order valence-electron chi connectivity index (χ0n) is 5.95. The molecular weight excluding hydrogens is 168 g/mol. The lowest BCUT2D eigenvalue weighted by atomic mass is 10.8. The van der Waals surface area contributed by atoms with Crippen molar-refractivity contribution in [3.63, 3.8) is 0 Å². The summed E-state index contributed by atoms with van der Waals surface area (Å²) in [5.41, 5.74) is 0.125. The topological polar surface area (TPSA) is 29.5 Å². The fourth-order valence-electron chi connectivity index (χ4n) is 0.758. The summed E-state index contributed by atoms with van der Waals surface area (Å²) < 4.78 is 5.36. The van der Waals surface area contributed by atoms with Crippen molar-refractivity contribution in [3.05, 3.63) is 0 Å². The molecule has 0 aromatic carbocycles. The van der Waals surface area contributed by atoms with Crippen molar-refractivity contribution < 1.29 is 9.84 Å². The molecule has 0 aliphatic carbocycles. The van der Waals surface area contributed by atoms with Crippen molar-refractivity contribution in [1.29, 1.82) is 0 Å². The van der Waals surface area contributed by atoms with Gasteiger partial charge in [-0.25, -0.2) is 0 Å². The Hall–Kier alpha value is 0.620. The summed E-state index contributed by atoms with van der Waals surface area (Å²) in [5, 5.41) is 9.08. The molecule has 2 nitrogen and oxygen atoms in total. The minimum Gasteiger partial charge on any atom is -0.382 e. The maximum Gasteiger partial charge on any atom is 0.112 e. The van der Waals surface area contributed by atoms with Crippen LogP contribution in [0.2, 0.25) is 0 Å². The Labute approximate surface area is 69.7 Å². The molecule has 0 aromatic heterocycles. The highest BCUT2D eigenvalue weighted by molar-refractivity contribution is 8.06. The van der Waals surface area contributed by atoms with E-state index in [0.29, 0.717) is 5.44 Å². The van der Waals surface area contributed by atoms with Gasteiger partial charge in [-0.15, -0.1) is 23.5 Å². The average Bonchev–Trinajstić information content (AvgIpc) is 1.95. The van der Waals surface area contributed by atoms with E-state index in [1.165, 1.54) is 0 Å². The Morgan fingerprint density at radius 3 is 2.80 bits per heavy atom. The highest BCUT2D eigenvalue weighted by atomic mass is 32.2. The molecule has 1 aliphatic heterocycles. The number of hydrogen-bond donors (Lipinski definition) is 1. The van der Waals surface area contributed by atoms with Crippen molar-refractivity contribution in [2.24, 2.45) is 0 Å². The highest BCUT2D eigenvalue weighted by Gasteiger charge is 2.19. The summed E-state index contributed by atoms with van der Waals surface area (Å²) in [6, 6.07) is 0. The number of hydrogen-bond acceptors (Lipinski definition) is 4. The Morgan fingerprint density at radius 2 is 2.30 bits per heavy atom. The SMILES string of the molecule is CCOC1CSC(O)CS1. The molecule has 0 saturated carbocycles. The Kier molecular flexibility index (Phi) is 3.91. The molecule has 0 spiro atoms. The minimum absolute atomic E-state index is 0.179. The van der Waals surface area contributed by atoms with Crippen LogP contribution in [0.3, 0.4) is 0 Å². The van der Waals surface area contributed by atoms with Crippen LogP contribution >= 0.6 is 23.5 Å². The van der Waals surface area contributed by atoms with Gasteiger partial charge in [0.1, 0.15) is 10.9 Å². The van der Waals surface area contributed by atoms with Gasteiger partial charge in [-0.2, -0.15) is 0 Å². The molecule has 1 saturated heterocycles. The maximum absolute atomic E-state index is 9.08. The first-order valence-corrected chi connectivity index (χ1v) is 5.45. The van der Waals surface area contributed by atoms with Crippen LogP contribution in [-0.4, -0.2) is 34.1 Å². The smallest absolute Gasteiger partial charge is 0.112 e. The second-order valence-electron chi connectivity index (χ2n) is 2.01. The fraction of sp³-hybridized carbons (Fsp3) is 1.00. The van der Waals surface area contributed by atoms with E-state index in [1.54, 1.807) is 23.5 Å². The second kappa shape index (κ2) is 4.49. The Balaban J connectivity index is 2.13. The first kappa shape index (κ1) is 8.71. The predicted molar refractivity (Wildman–Crippen MR) is 46.3 cm³/mol. The van der Waals surface area contributed by atoms with Gasteiger partial charge in [0.25, 0.3) is 0 Å². The monoisotopic (exact) mass is 180 g/mol. The summed E-state index contributed by atoms with van der Waals surface area (Å²) >= 11 is 3.28. The largest absolute Gasteiger partial charge is 0.382 e. The molecule has 1 aliphatic rings. The standard InChI is InChI=1S/C6H12O2S2/c1-2-8-6-4-9-5(7)3-10-6/h5-7H,2-4H2,1H3. The quantitative estimate of drug-likeness (QED) is 0.690. The third-order valence-corrected chi connectivity index (χ3v) is 3.85. The van der Waals surface area contributed by atoms with Crippen molar-refractivity contribution in [3.8, 4) is 0 Å². The maximum atomic E-state index is 9.08. The minimum atomic E-state index is -0.179. The van der Waals surface area contributed by atoms with Crippen molar-refractivity contribution in [1.82, 2.24) is 0 Å². The molecule has 4 heteroatoms. The van der Waals surface area contributed by atoms with Gasteiger partial charge in [0.05, 0.1) is 0 Å². The number of aliphatic hydroxyl groups is 1. The van der Waals surface area contributed by atoms with Crippen LogP contribution in [0.5, 0.6) is 0 Å². The van der Waals surface area contributed by atoms with Crippen LogP contribution in [-0.2, 0) is 4.74 Å². The molecule has 1 fully saturated rings. The summed E-state index contributed by atoms with van der Waals surface area (Å²) in [5.74, 6) is 1.72. The molecule has 2 atom stereocenters. The van der Waals surface area contributed by atoms with Crippen LogP contribution in [0.25, 0.3) is 0 Å². The number of ether oxygens (including phenoxy) is 1. The van der Waals surface area contributed by atoms with Crippen molar-refractivity contribution in [2.45, 2.75) is 17.8 Å². The van der Waals surface area contributed by atoms with E-state index in [1.807, 2.05) is 6.92 Å². The van der Waals surface area contributed by atoms with Gasteiger partial charge < -0.3 is 9.84 Å². The molecule has 0 bridgehead atoms. The molecule has 1 rings (SSSR count). The predicted octanol–water partition coefficient (Wildman–Crippen LogP) is 1.15. The zero-order chi connectivity index (χ0) is 7.40. The fourth-order valence-corrected chi connectivity index (χ4v) is 3.09. The van der Waals surface area contributed by atoms with E-state index >= 15 is 0 Å². The van der Waals surface area contributed by atoms with E-state index in [4.69, 9.17) is 9.84 Å². The summed E-state index contributed by atoms with van der Waals surface area (Å²) in [7, 11) is 0. The van der Waals surface area contributed by atoms with Crippen molar-refractivity contribution >= 4 is 23.5 Å². The average molecular weight is 180 g/mol. The Morgan fingerprint density at radius 1 is 1.50 bits per heavy atom. The van der Waals surface area contributed by atoms with Gasteiger partial charge >= 0.3 is 0 Å². The van der Waals surface area contributed by atoms with Crippen molar-refractivity contribution in [2.75, 3.05) is 18.1 Å². The highest BCUT2D eigenvalue weighted by Crippen LogP contribution is 2.28. The molecule has 10 heavy (non-hydrogen) atoms. The van der Waals surface area contributed by atoms with Crippen LogP contribution in [0.15, 0.2) is 0 Å². The number of aliphatic hydroxyl groups excluding tert-OH is 1. The van der Waals surface area contributed by atoms with Crippen LogP contribution in [0.1, 0.15) is 6.92 Å². The lowest BCUT2D eigenvalue weighted by Gasteiger charge is -2.23. The molecule has 1 N–H and O–H groups in total. The van der Waals surface area contributed by atoms with Crippen LogP contribution in [0.4, 0.5) is 0 Å². The van der Waals surface area contributed by atoms with Gasteiger partial charge in [0.15, 0.2) is 0 Å². The summed E-state index contributed by atoms with van der Waals surface area (Å²) in [6.07, 6.45) is 0. The van der Waals surface area contributed by atoms with E-state index in [9.17, 15) is 0 Å².